The van der Waals surface area contributed by atoms with E-state index in [4.69, 9.17) is 0 Å². The summed E-state index contributed by atoms with van der Waals surface area (Å²) in [5, 5.41) is 2.98. The van der Waals surface area contributed by atoms with E-state index in [0.717, 1.165) is 12.0 Å². The van der Waals surface area contributed by atoms with Gasteiger partial charge in [-0.05, 0) is 36.6 Å². The molecule has 1 aromatic heterocycles. The van der Waals surface area contributed by atoms with Crippen molar-refractivity contribution in [2.45, 2.75) is 26.3 Å². The van der Waals surface area contributed by atoms with E-state index in [1.807, 2.05) is 6.92 Å². The molecular formula is C16H18N2O. The van der Waals surface area contributed by atoms with Crippen LogP contribution in [0.15, 0.2) is 48.8 Å². The van der Waals surface area contributed by atoms with Crippen LogP contribution in [-0.4, -0.2) is 10.9 Å². The van der Waals surface area contributed by atoms with Crippen LogP contribution in [0.5, 0.6) is 0 Å². The molecule has 1 N–H and O–H groups in total. The maximum atomic E-state index is 12.0. The summed E-state index contributed by atoms with van der Waals surface area (Å²) in [6.45, 7) is 4.11. The van der Waals surface area contributed by atoms with E-state index < -0.39 is 0 Å². The van der Waals surface area contributed by atoms with Gasteiger partial charge in [0, 0.05) is 18.0 Å². The molecule has 0 saturated carbocycles. The van der Waals surface area contributed by atoms with Gasteiger partial charge in [0.2, 0.25) is 0 Å². The average Bonchev–Trinajstić information content (AvgIpc) is 2.48. The third kappa shape index (κ3) is 3.41. The largest absolute Gasteiger partial charge is 0.346 e. The number of nitrogens with zero attached hydrogens (tertiary/aromatic N) is 1. The van der Waals surface area contributed by atoms with E-state index in [2.05, 4.69) is 41.5 Å². The molecule has 98 valence electrons. The van der Waals surface area contributed by atoms with Crippen LogP contribution in [0.3, 0.4) is 0 Å². The fourth-order valence-corrected chi connectivity index (χ4v) is 1.91. The van der Waals surface area contributed by atoms with Gasteiger partial charge < -0.3 is 5.32 Å². The van der Waals surface area contributed by atoms with Gasteiger partial charge in [0.25, 0.3) is 5.91 Å². The standard InChI is InChI=1S/C16H18N2O/c1-3-13-4-6-14(7-5-13)12(2)18-16(19)15-8-10-17-11-9-15/h4-12H,3H2,1-2H3,(H,18,19). The quantitative estimate of drug-likeness (QED) is 0.910. The Morgan fingerprint density at radius 3 is 2.37 bits per heavy atom. The van der Waals surface area contributed by atoms with Crippen LogP contribution in [-0.2, 0) is 6.42 Å². The minimum atomic E-state index is -0.0746. The molecule has 1 atom stereocenters. The van der Waals surface area contributed by atoms with Gasteiger partial charge >= 0.3 is 0 Å². The molecule has 1 aromatic carbocycles. The zero-order valence-electron chi connectivity index (χ0n) is 11.3. The Labute approximate surface area is 113 Å². The van der Waals surface area contributed by atoms with Gasteiger partial charge in [-0.15, -0.1) is 0 Å². The third-order valence-corrected chi connectivity index (χ3v) is 3.18. The topological polar surface area (TPSA) is 42.0 Å². The molecule has 0 saturated heterocycles. The van der Waals surface area contributed by atoms with Crippen LogP contribution in [0.4, 0.5) is 0 Å². The Morgan fingerprint density at radius 2 is 1.79 bits per heavy atom. The number of aromatic nitrogens is 1. The molecule has 0 bridgehead atoms. The fourth-order valence-electron chi connectivity index (χ4n) is 1.91. The van der Waals surface area contributed by atoms with Crippen molar-refractivity contribution < 1.29 is 4.79 Å². The Balaban J connectivity index is 2.04. The lowest BCUT2D eigenvalue weighted by molar-refractivity contribution is 0.0940. The Bertz CT molecular complexity index is 534. The Kier molecular flexibility index (Phi) is 4.29. The fraction of sp³-hybridized carbons (Fsp3) is 0.250. The first kappa shape index (κ1) is 13.3. The second kappa shape index (κ2) is 6.14. The maximum Gasteiger partial charge on any atom is 0.251 e. The molecule has 1 heterocycles. The SMILES string of the molecule is CCc1ccc(C(C)NC(=O)c2ccncc2)cc1. The number of rotatable bonds is 4. The summed E-state index contributed by atoms with van der Waals surface area (Å²) < 4.78 is 0. The number of carbonyl (C=O) groups is 1. The lowest BCUT2D eigenvalue weighted by atomic mass is 10.0. The van der Waals surface area contributed by atoms with Crippen LogP contribution in [0.25, 0.3) is 0 Å². The van der Waals surface area contributed by atoms with E-state index in [9.17, 15) is 4.79 Å². The van der Waals surface area contributed by atoms with E-state index in [1.165, 1.54) is 5.56 Å². The van der Waals surface area contributed by atoms with Crippen molar-refractivity contribution in [1.82, 2.24) is 10.3 Å². The molecule has 0 aliphatic carbocycles. The first-order valence-electron chi connectivity index (χ1n) is 6.50. The van der Waals surface area contributed by atoms with Gasteiger partial charge in [-0.3, -0.25) is 9.78 Å². The molecule has 2 aromatic rings. The normalized spacial score (nSPS) is 11.9. The summed E-state index contributed by atoms with van der Waals surface area (Å²) >= 11 is 0. The Hall–Kier alpha value is -2.16. The van der Waals surface area contributed by atoms with Gasteiger partial charge in [-0.2, -0.15) is 0 Å². The summed E-state index contributed by atoms with van der Waals surface area (Å²) in [5.74, 6) is -0.0746. The highest BCUT2D eigenvalue weighted by Crippen LogP contribution is 2.14. The van der Waals surface area contributed by atoms with E-state index in [0.29, 0.717) is 5.56 Å². The van der Waals surface area contributed by atoms with Gasteiger partial charge in [0.15, 0.2) is 0 Å². The second-order valence-corrected chi connectivity index (χ2v) is 4.53. The van der Waals surface area contributed by atoms with Crippen molar-refractivity contribution in [3.05, 3.63) is 65.5 Å². The molecule has 19 heavy (non-hydrogen) atoms. The highest BCUT2D eigenvalue weighted by molar-refractivity contribution is 5.94. The first-order chi connectivity index (χ1) is 9.20. The van der Waals surface area contributed by atoms with Crippen molar-refractivity contribution in [3.8, 4) is 0 Å². The smallest absolute Gasteiger partial charge is 0.251 e. The van der Waals surface area contributed by atoms with E-state index in [1.54, 1.807) is 24.5 Å². The summed E-state index contributed by atoms with van der Waals surface area (Å²) in [6.07, 6.45) is 4.27. The number of carbonyl (C=O) groups excluding carboxylic acids is 1. The zero-order chi connectivity index (χ0) is 13.7. The molecule has 0 fully saturated rings. The highest BCUT2D eigenvalue weighted by Gasteiger charge is 2.10. The monoisotopic (exact) mass is 254 g/mol. The maximum absolute atomic E-state index is 12.0. The van der Waals surface area contributed by atoms with Crippen LogP contribution < -0.4 is 5.32 Å². The first-order valence-corrected chi connectivity index (χ1v) is 6.50. The van der Waals surface area contributed by atoms with Crippen molar-refractivity contribution in [2.24, 2.45) is 0 Å². The molecule has 3 heteroatoms. The van der Waals surface area contributed by atoms with Gasteiger partial charge in [-0.25, -0.2) is 0 Å². The number of pyridine rings is 1. The molecule has 0 radical (unpaired) electrons. The predicted molar refractivity (Wildman–Crippen MR) is 75.9 cm³/mol. The molecule has 1 unspecified atom stereocenters. The minimum absolute atomic E-state index is 0.00780. The van der Waals surface area contributed by atoms with Gasteiger partial charge in [0.1, 0.15) is 0 Å². The highest BCUT2D eigenvalue weighted by atomic mass is 16.1. The third-order valence-electron chi connectivity index (χ3n) is 3.18. The van der Waals surface area contributed by atoms with E-state index in [-0.39, 0.29) is 11.9 Å². The number of nitrogens with one attached hydrogen (secondary N) is 1. The van der Waals surface area contributed by atoms with E-state index >= 15 is 0 Å². The molecule has 2 rings (SSSR count). The zero-order valence-corrected chi connectivity index (χ0v) is 11.3. The van der Waals surface area contributed by atoms with Crippen molar-refractivity contribution in [2.75, 3.05) is 0 Å². The molecule has 0 spiro atoms. The second-order valence-electron chi connectivity index (χ2n) is 4.53. The summed E-state index contributed by atoms with van der Waals surface area (Å²) in [6, 6.07) is 11.7. The van der Waals surface area contributed by atoms with Gasteiger partial charge in [0.05, 0.1) is 6.04 Å². The summed E-state index contributed by atoms with van der Waals surface area (Å²) in [7, 11) is 0. The van der Waals surface area contributed by atoms with Crippen molar-refractivity contribution in [3.63, 3.8) is 0 Å². The van der Waals surface area contributed by atoms with Crippen LogP contribution in [0, 0.1) is 0 Å². The average molecular weight is 254 g/mol. The molecule has 0 aliphatic rings. The molecule has 1 amide bonds. The van der Waals surface area contributed by atoms with Crippen molar-refractivity contribution >= 4 is 5.91 Å². The molecule has 3 nitrogen and oxygen atoms in total. The number of hydrogen-bond acceptors (Lipinski definition) is 2. The van der Waals surface area contributed by atoms with Crippen LogP contribution in [0.2, 0.25) is 0 Å². The van der Waals surface area contributed by atoms with Gasteiger partial charge in [-0.1, -0.05) is 31.2 Å². The lowest BCUT2D eigenvalue weighted by Gasteiger charge is -2.14. The molecule has 0 aliphatic heterocycles. The minimum Gasteiger partial charge on any atom is -0.346 e. The number of aryl methyl sites for hydroxylation is 1. The number of hydrogen-bond donors (Lipinski definition) is 1. The lowest BCUT2D eigenvalue weighted by Crippen LogP contribution is -2.26. The summed E-state index contributed by atoms with van der Waals surface area (Å²) in [5.41, 5.74) is 3.04. The predicted octanol–water partition coefficient (Wildman–Crippen LogP) is 3.14. The van der Waals surface area contributed by atoms with Crippen molar-refractivity contribution in [1.29, 1.82) is 0 Å². The van der Waals surface area contributed by atoms with Crippen LogP contribution >= 0.6 is 0 Å². The summed E-state index contributed by atoms with van der Waals surface area (Å²) in [4.78, 5) is 15.9. The van der Waals surface area contributed by atoms with Crippen LogP contribution in [0.1, 0.15) is 41.4 Å². The Morgan fingerprint density at radius 1 is 1.16 bits per heavy atom. The number of amides is 1. The number of benzene rings is 1. The molecular weight excluding hydrogens is 236 g/mol.